The van der Waals surface area contributed by atoms with Gasteiger partial charge in [0.25, 0.3) is 0 Å². The van der Waals surface area contributed by atoms with Crippen molar-refractivity contribution in [2.24, 2.45) is 11.8 Å². The summed E-state index contributed by atoms with van der Waals surface area (Å²) in [4.78, 5) is 22.0. The van der Waals surface area contributed by atoms with Crippen LogP contribution in [-0.2, 0) is 21.0 Å². The first kappa shape index (κ1) is 24.9. The maximum Gasteiger partial charge on any atom is 0.306 e. The Morgan fingerprint density at radius 3 is 2.37 bits per heavy atom. The molecule has 1 saturated heterocycles. The number of unbranched alkanes of at least 4 members (excludes halogenated alkanes) is 6. The third kappa shape index (κ3) is 9.61. The summed E-state index contributed by atoms with van der Waals surface area (Å²) >= 11 is 0. The van der Waals surface area contributed by atoms with Gasteiger partial charge >= 0.3 is 5.97 Å². The maximum atomic E-state index is 10.9. The molecule has 1 N–H and O–H groups in total. The van der Waals surface area contributed by atoms with Crippen molar-refractivity contribution in [1.82, 2.24) is 0 Å². The average Bonchev–Trinajstić information content (AvgIpc) is 2.69. The highest BCUT2D eigenvalue weighted by atomic mass is 17.2. The summed E-state index contributed by atoms with van der Waals surface area (Å²) < 4.78 is 0. The fourth-order valence-electron chi connectivity index (χ4n) is 4.83. The van der Waals surface area contributed by atoms with Crippen molar-refractivity contribution in [1.29, 1.82) is 0 Å². The highest BCUT2D eigenvalue weighted by Gasteiger charge is 2.40. The lowest BCUT2D eigenvalue weighted by atomic mass is 9.81. The number of hydrogen-bond acceptors (Lipinski definition) is 3. The van der Waals surface area contributed by atoms with Gasteiger partial charge in [0.15, 0.2) is 0 Å². The van der Waals surface area contributed by atoms with E-state index in [0.29, 0.717) is 5.92 Å². The zero-order chi connectivity index (χ0) is 21.8. The lowest BCUT2D eigenvalue weighted by Crippen LogP contribution is -2.44. The Balaban J connectivity index is 1.49. The maximum absolute atomic E-state index is 10.9. The quantitative estimate of drug-likeness (QED) is 0.262. The lowest BCUT2D eigenvalue weighted by molar-refractivity contribution is -0.418. The van der Waals surface area contributed by atoms with E-state index in [-0.39, 0.29) is 24.0 Å². The minimum atomic E-state index is -0.830. The van der Waals surface area contributed by atoms with E-state index in [1.807, 2.05) is 0 Å². The first-order chi connectivity index (χ1) is 14.4. The standard InChI is InChI=1S/C26H42O4/c1-21(19-26(3)20-22(2)24(29-30-26)18-25(27)28)14-10-7-5-4-6-8-11-15-23-16-12-9-13-17-23/h9,12-13,16-17,21-22,24H,4-8,10-11,14-15,18-20H2,1-3H3,(H,27,28). The van der Waals surface area contributed by atoms with Crippen molar-refractivity contribution in [2.45, 2.75) is 110 Å². The first-order valence-electron chi connectivity index (χ1n) is 12.0. The van der Waals surface area contributed by atoms with E-state index >= 15 is 0 Å². The van der Waals surface area contributed by atoms with E-state index in [1.165, 1.54) is 63.4 Å². The molecule has 0 saturated carbocycles. The number of aryl methyl sites for hydroxylation is 1. The van der Waals surface area contributed by atoms with E-state index in [2.05, 4.69) is 51.1 Å². The Bertz CT molecular complexity index is 602. The monoisotopic (exact) mass is 418 g/mol. The molecule has 2 rings (SSSR count). The average molecular weight is 419 g/mol. The largest absolute Gasteiger partial charge is 0.481 e. The minimum Gasteiger partial charge on any atom is -0.481 e. The van der Waals surface area contributed by atoms with Gasteiger partial charge in [0.1, 0.15) is 11.7 Å². The van der Waals surface area contributed by atoms with Crippen LogP contribution in [0.15, 0.2) is 30.3 Å². The number of benzene rings is 1. The molecule has 170 valence electrons. The number of hydrogen-bond donors (Lipinski definition) is 1. The molecule has 1 heterocycles. The van der Waals surface area contributed by atoms with Crippen LogP contribution in [0.4, 0.5) is 0 Å². The second-order valence-electron chi connectivity index (χ2n) is 9.76. The van der Waals surface area contributed by atoms with Gasteiger partial charge in [-0.1, -0.05) is 89.1 Å². The fourth-order valence-corrected chi connectivity index (χ4v) is 4.83. The van der Waals surface area contributed by atoms with Crippen molar-refractivity contribution in [3.8, 4) is 0 Å². The van der Waals surface area contributed by atoms with Crippen molar-refractivity contribution < 1.29 is 19.7 Å². The lowest BCUT2D eigenvalue weighted by Gasteiger charge is -2.40. The summed E-state index contributed by atoms with van der Waals surface area (Å²) in [6.07, 6.45) is 13.2. The van der Waals surface area contributed by atoms with Crippen LogP contribution in [0.2, 0.25) is 0 Å². The SMILES string of the molecule is CC(CCCCCCCCCc1ccccc1)CC1(C)CC(C)C(CC(=O)O)OO1. The zero-order valence-corrected chi connectivity index (χ0v) is 19.3. The van der Waals surface area contributed by atoms with E-state index < -0.39 is 5.97 Å². The smallest absolute Gasteiger partial charge is 0.306 e. The number of carboxylic acids is 1. The Hall–Kier alpha value is -1.39. The van der Waals surface area contributed by atoms with Crippen LogP contribution in [-0.4, -0.2) is 22.8 Å². The van der Waals surface area contributed by atoms with Gasteiger partial charge in [-0.25, -0.2) is 9.78 Å². The second-order valence-corrected chi connectivity index (χ2v) is 9.76. The third-order valence-corrected chi connectivity index (χ3v) is 6.42. The van der Waals surface area contributed by atoms with E-state index in [0.717, 1.165) is 12.8 Å². The summed E-state index contributed by atoms with van der Waals surface area (Å²) in [6, 6.07) is 10.8. The molecule has 1 aliphatic heterocycles. The number of carbonyl (C=O) groups is 1. The molecule has 0 bridgehead atoms. The fraction of sp³-hybridized carbons (Fsp3) is 0.731. The molecule has 4 heteroatoms. The van der Waals surface area contributed by atoms with Crippen molar-refractivity contribution in [3.05, 3.63) is 35.9 Å². The normalized spacial score (nSPS) is 25.2. The molecule has 0 radical (unpaired) electrons. The van der Waals surface area contributed by atoms with Gasteiger partial charge in [-0.3, -0.25) is 4.79 Å². The van der Waals surface area contributed by atoms with E-state index in [9.17, 15) is 4.79 Å². The van der Waals surface area contributed by atoms with Crippen LogP contribution in [0, 0.1) is 11.8 Å². The molecule has 1 aromatic rings. The molecule has 4 nitrogen and oxygen atoms in total. The number of carboxylic acid groups (broad SMARTS) is 1. The van der Waals surface area contributed by atoms with Crippen LogP contribution in [0.25, 0.3) is 0 Å². The van der Waals surface area contributed by atoms with E-state index in [4.69, 9.17) is 14.9 Å². The minimum absolute atomic E-state index is 0.0130. The van der Waals surface area contributed by atoms with Gasteiger partial charge < -0.3 is 5.11 Å². The molecular weight excluding hydrogens is 376 g/mol. The Kier molecular flexibility index (Phi) is 10.9. The Morgan fingerprint density at radius 2 is 1.73 bits per heavy atom. The zero-order valence-electron chi connectivity index (χ0n) is 19.3. The summed E-state index contributed by atoms with van der Waals surface area (Å²) in [5.74, 6) is -0.0368. The highest BCUT2D eigenvalue weighted by Crippen LogP contribution is 2.37. The summed E-state index contributed by atoms with van der Waals surface area (Å²) in [5, 5.41) is 8.97. The predicted molar refractivity (Wildman–Crippen MR) is 121 cm³/mol. The van der Waals surface area contributed by atoms with Gasteiger partial charge in [-0.15, -0.1) is 0 Å². The molecule has 4 unspecified atom stereocenters. The Labute approximate surface area is 183 Å². The Morgan fingerprint density at radius 1 is 1.10 bits per heavy atom. The summed E-state index contributed by atoms with van der Waals surface area (Å²) in [7, 11) is 0. The van der Waals surface area contributed by atoms with Crippen molar-refractivity contribution in [3.63, 3.8) is 0 Å². The van der Waals surface area contributed by atoms with Gasteiger partial charge in [0, 0.05) is 0 Å². The molecule has 0 amide bonds. The molecule has 0 aliphatic carbocycles. The van der Waals surface area contributed by atoms with Crippen LogP contribution >= 0.6 is 0 Å². The van der Waals surface area contributed by atoms with Gasteiger partial charge in [0.05, 0.1) is 6.42 Å². The molecule has 1 aliphatic rings. The van der Waals surface area contributed by atoms with Crippen LogP contribution in [0.1, 0.15) is 97.0 Å². The molecule has 0 aromatic heterocycles. The predicted octanol–water partition coefficient (Wildman–Crippen LogP) is 6.97. The van der Waals surface area contributed by atoms with Crippen LogP contribution in [0.5, 0.6) is 0 Å². The molecule has 0 spiro atoms. The summed E-state index contributed by atoms with van der Waals surface area (Å²) in [5.41, 5.74) is 1.16. The number of rotatable bonds is 14. The molecule has 1 aromatic carbocycles. The molecule has 1 fully saturated rings. The molecule has 30 heavy (non-hydrogen) atoms. The second kappa shape index (κ2) is 13.1. The molecule has 4 atom stereocenters. The van der Waals surface area contributed by atoms with Crippen LogP contribution < -0.4 is 0 Å². The van der Waals surface area contributed by atoms with E-state index in [1.54, 1.807) is 0 Å². The topological polar surface area (TPSA) is 55.8 Å². The van der Waals surface area contributed by atoms with Crippen LogP contribution in [0.3, 0.4) is 0 Å². The van der Waals surface area contributed by atoms with Crippen molar-refractivity contribution >= 4 is 5.97 Å². The highest BCUT2D eigenvalue weighted by molar-refractivity contribution is 5.67. The summed E-state index contributed by atoms with van der Waals surface area (Å²) in [6.45, 7) is 6.47. The van der Waals surface area contributed by atoms with Gasteiger partial charge in [-0.2, -0.15) is 0 Å². The van der Waals surface area contributed by atoms with Gasteiger partial charge in [0.2, 0.25) is 0 Å². The number of aliphatic carboxylic acids is 1. The van der Waals surface area contributed by atoms with Crippen molar-refractivity contribution in [2.75, 3.05) is 0 Å². The first-order valence-corrected chi connectivity index (χ1v) is 12.0. The third-order valence-electron chi connectivity index (χ3n) is 6.42. The van der Waals surface area contributed by atoms with Gasteiger partial charge in [-0.05, 0) is 50.0 Å². The molecular formula is C26H42O4.